The van der Waals surface area contributed by atoms with Gasteiger partial charge in [0.2, 0.25) is 0 Å². The first-order valence-corrected chi connectivity index (χ1v) is 5.39. The van der Waals surface area contributed by atoms with E-state index in [0.29, 0.717) is 5.56 Å². The van der Waals surface area contributed by atoms with Crippen LogP contribution in [0.2, 0.25) is 0 Å². The molecule has 0 fully saturated rings. The second kappa shape index (κ2) is 3.30. The van der Waals surface area contributed by atoms with Gasteiger partial charge in [0.25, 0.3) is 5.91 Å². The fraction of sp³-hybridized carbons (Fsp3) is 0.231. The van der Waals surface area contributed by atoms with Crippen LogP contribution >= 0.6 is 0 Å². The SMILES string of the molecule is CC1=CN2C(=O)c3ccccc3N=CC2C1. The highest BCUT2D eigenvalue weighted by molar-refractivity contribution is 6.03. The lowest BCUT2D eigenvalue weighted by Gasteiger charge is -2.18. The van der Waals surface area contributed by atoms with Crippen molar-refractivity contribution in [1.82, 2.24) is 4.90 Å². The first kappa shape index (κ1) is 9.33. The lowest BCUT2D eigenvalue weighted by Crippen LogP contribution is -2.32. The van der Waals surface area contributed by atoms with Crippen molar-refractivity contribution in [3.8, 4) is 0 Å². The van der Waals surface area contributed by atoms with Crippen LogP contribution in [-0.4, -0.2) is 23.1 Å². The first-order valence-electron chi connectivity index (χ1n) is 5.39. The molecule has 2 aliphatic rings. The molecule has 1 atom stereocenters. The highest BCUT2D eigenvalue weighted by Gasteiger charge is 2.30. The van der Waals surface area contributed by atoms with Crippen molar-refractivity contribution in [1.29, 1.82) is 0 Å². The molecule has 0 radical (unpaired) electrons. The Balaban J connectivity index is 2.12. The second-order valence-corrected chi connectivity index (χ2v) is 4.25. The Bertz CT molecular complexity index is 516. The maximum Gasteiger partial charge on any atom is 0.260 e. The minimum Gasteiger partial charge on any atom is -0.306 e. The van der Waals surface area contributed by atoms with Gasteiger partial charge < -0.3 is 4.90 Å². The third-order valence-corrected chi connectivity index (χ3v) is 3.00. The van der Waals surface area contributed by atoms with Gasteiger partial charge in [0.15, 0.2) is 0 Å². The highest BCUT2D eigenvalue weighted by Crippen LogP contribution is 2.29. The largest absolute Gasteiger partial charge is 0.306 e. The zero-order valence-corrected chi connectivity index (χ0v) is 9.05. The molecule has 0 aliphatic carbocycles. The van der Waals surface area contributed by atoms with Crippen LogP contribution in [0.15, 0.2) is 41.0 Å². The smallest absolute Gasteiger partial charge is 0.260 e. The summed E-state index contributed by atoms with van der Waals surface area (Å²) in [7, 11) is 0. The maximum absolute atomic E-state index is 12.3. The Labute approximate surface area is 94.1 Å². The Kier molecular flexibility index (Phi) is 1.93. The van der Waals surface area contributed by atoms with Crippen molar-refractivity contribution >= 4 is 17.8 Å². The summed E-state index contributed by atoms with van der Waals surface area (Å²) < 4.78 is 0. The van der Waals surface area contributed by atoms with Gasteiger partial charge in [-0.1, -0.05) is 17.7 Å². The number of aliphatic imine (C=N–C) groups is 1. The van der Waals surface area contributed by atoms with E-state index >= 15 is 0 Å². The molecule has 2 aliphatic heterocycles. The molecular formula is C13H12N2O. The highest BCUT2D eigenvalue weighted by atomic mass is 16.2. The molecule has 1 aromatic rings. The van der Waals surface area contributed by atoms with E-state index in [9.17, 15) is 4.79 Å². The summed E-state index contributed by atoms with van der Waals surface area (Å²) in [5.41, 5.74) is 2.68. The Morgan fingerprint density at radius 1 is 1.38 bits per heavy atom. The average molecular weight is 212 g/mol. The van der Waals surface area contributed by atoms with Gasteiger partial charge in [-0.2, -0.15) is 0 Å². The van der Waals surface area contributed by atoms with Crippen LogP contribution in [-0.2, 0) is 0 Å². The number of hydrogen-bond donors (Lipinski definition) is 0. The molecular weight excluding hydrogens is 200 g/mol. The van der Waals surface area contributed by atoms with E-state index in [4.69, 9.17) is 0 Å². The Morgan fingerprint density at radius 3 is 3.06 bits per heavy atom. The normalized spacial score (nSPS) is 22.6. The quantitative estimate of drug-likeness (QED) is 0.650. The molecule has 2 heterocycles. The van der Waals surface area contributed by atoms with Gasteiger partial charge in [-0.05, 0) is 25.5 Å². The number of fused-ring (bicyclic) bond motifs is 2. The van der Waals surface area contributed by atoms with Crippen LogP contribution in [0.4, 0.5) is 5.69 Å². The summed E-state index contributed by atoms with van der Waals surface area (Å²) in [6.07, 6.45) is 4.70. The first-order chi connectivity index (χ1) is 7.75. The van der Waals surface area contributed by atoms with Crippen LogP contribution in [0.1, 0.15) is 23.7 Å². The van der Waals surface area contributed by atoms with Gasteiger partial charge in [0.05, 0.1) is 17.3 Å². The number of benzene rings is 1. The van der Waals surface area contributed by atoms with E-state index in [1.54, 1.807) is 4.90 Å². The molecule has 1 amide bonds. The predicted molar refractivity (Wildman–Crippen MR) is 62.9 cm³/mol. The molecule has 3 rings (SSSR count). The van der Waals surface area contributed by atoms with E-state index in [2.05, 4.69) is 4.99 Å². The summed E-state index contributed by atoms with van der Waals surface area (Å²) in [6, 6.07) is 7.58. The molecule has 16 heavy (non-hydrogen) atoms. The number of carbonyl (C=O) groups excluding carboxylic acids is 1. The monoisotopic (exact) mass is 212 g/mol. The van der Waals surface area contributed by atoms with Crippen LogP contribution in [0.25, 0.3) is 0 Å². The molecule has 0 bridgehead atoms. The van der Waals surface area contributed by atoms with E-state index in [1.807, 2.05) is 43.6 Å². The molecule has 0 N–H and O–H groups in total. The summed E-state index contributed by atoms with van der Waals surface area (Å²) in [4.78, 5) is 18.4. The number of nitrogens with zero attached hydrogens (tertiary/aromatic N) is 2. The number of hydrogen-bond acceptors (Lipinski definition) is 2. The molecule has 0 saturated heterocycles. The van der Waals surface area contributed by atoms with Gasteiger partial charge in [-0.25, -0.2) is 0 Å². The van der Waals surface area contributed by atoms with Gasteiger partial charge >= 0.3 is 0 Å². The van der Waals surface area contributed by atoms with E-state index in [1.165, 1.54) is 5.57 Å². The van der Waals surface area contributed by atoms with Crippen molar-refractivity contribution in [2.75, 3.05) is 0 Å². The zero-order chi connectivity index (χ0) is 11.1. The van der Waals surface area contributed by atoms with Crippen LogP contribution in [0.5, 0.6) is 0 Å². The van der Waals surface area contributed by atoms with Crippen molar-refractivity contribution in [2.45, 2.75) is 19.4 Å². The minimum atomic E-state index is 0.0509. The number of amides is 1. The fourth-order valence-electron chi connectivity index (χ4n) is 2.22. The lowest BCUT2D eigenvalue weighted by atomic mass is 10.1. The molecule has 0 spiro atoms. The summed E-state index contributed by atoms with van der Waals surface area (Å²) in [6.45, 7) is 2.04. The van der Waals surface area contributed by atoms with Gasteiger partial charge in [0.1, 0.15) is 0 Å². The standard InChI is InChI=1S/C13H12N2O/c1-9-6-10-7-14-12-5-3-2-4-11(12)13(16)15(10)8-9/h2-5,7-8,10H,6H2,1H3. The van der Waals surface area contributed by atoms with E-state index in [-0.39, 0.29) is 11.9 Å². The van der Waals surface area contributed by atoms with Gasteiger partial charge in [-0.15, -0.1) is 0 Å². The lowest BCUT2D eigenvalue weighted by molar-refractivity contribution is 0.0818. The minimum absolute atomic E-state index is 0.0509. The maximum atomic E-state index is 12.3. The van der Waals surface area contributed by atoms with Crippen LogP contribution in [0.3, 0.4) is 0 Å². The molecule has 3 nitrogen and oxygen atoms in total. The molecule has 0 saturated carbocycles. The van der Waals surface area contributed by atoms with E-state index in [0.717, 1.165) is 12.1 Å². The second-order valence-electron chi connectivity index (χ2n) is 4.25. The van der Waals surface area contributed by atoms with Crippen molar-refractivity contribution in [2.24, 2.45) is 4.99 Å². The summed E-state index contributed by atoms with van der Waals surface area (Å²) >= 11 is 0. The number of carbonyl (C=O) groups is 1. The molecule has 1 unspecified atom stereocenters. The predicted octanol–water partition coefficient (Wildman–Crippen LogP) is 2.52. The summed E-state index contributed by atoms with van der Waals surface area (Å²) in [5.74, 6) is 0.0509. The Morgan fingerprint density at radius 2 is 2.19 bits per heavy atom. The topological polar surface area (TPSA) is 32.7 Å². The van der Waals surface area contributed by atoms with Crippen LogP contribution in [0, 0.1) is 0 Å². The van der Waals surface area contributed by atoms with Gasteiger partial charge in [0, 0.05) is 12.4 Å². The third kappa shape index (κ3) is 1.28. The van der Waals surface area contributed by atoms with Crippen molar-refractivity contribution in [3.63, 3.8) is 0 Å². The van der Waals surface area contributed by atoms with Crippen LogP contribution < -0.4 is 0 Å². The zero-order valence-electron chi connectivity index (χ0n) is 9.05. The third-order valence-electron chi connectivity index (χ3n) is 3.00. The number of para-hydroxylation sites is 1. The van der Waals surface area contributed by atoms with E-state index < -0.39 is 0 Å². The van der Waals surface area contributed by atoms with Crippen molar-refractivity contribution in [3.05, 3.63) is 41.6 Å². The molecule has 1 aromatic carbocycles. The Hall–Kier alpha value is -1.90. The van der Waals surface area contributed by atoms with Crippen molar-refractivity contribution < 1.29 is 4.79 Å². The molecule has 80 valence electrons. The number of rotatable bonds is 0. The average Bonchev–Trinajstić information content (AvgIpc) is 2.62. The molecule has 0 aromatic heterocycles. The fourth-order valence-corrected chi connectivity index (χ4v) is 2.22. The molecule has 3 heteroatoms. The van der Waals surface area contributed by atoms with Gasteiger partial charge in [-0.3, -0.25) is 9.79 Å². The summed E-state index contributed by atoms with van der Waals surface area (Å²) in [5, 5.41) is 0.